The minimum absolute atomic E-state index is 0.0268. The molecule has 1 rings (SSSR count). The molecular weight excluding hydrogens is 342 g/mol. The first-order valence-corrected chi connectivity index (χ1v) is 8.53. The molecule has 2 N–H and O–H groups in total. The van der Waals surface area contributed by atoms with Crippen LogP contribution in [0.4, 0.5) is 0 Å². The van der Waals surface area contributed by atoms with E-state index in [1.807, 2.05) is 0 Å². The Bertz CT molecular complexity index is 679. The minimum atomic E-state index is -4.04. The number of aromatic nitrogens is 1. The molecule has 1 amide bonds. The second-order valence-corrected chi connectivity index (χ2v) is 6.79. The molecule has 24 heavy (non-hydrogen) atoms. The van der Waals surface area contributed by atoms with E-state index in [1.54, 1.807) is 0 Å². The van der Waals surface area contributed by atoms with E-state index in [2.05, 4.69) is 9.88 Å². The largest absolute Gasteiger partial charge is 0.480 e. The maximum absolute atomic E-state index is 12.4. The molecule has 0 radical (unpaired) electrons. The lowest BCUT2D eigenvalue weighted by molar-refractivity contribution is -0.145. The number of carboxylic acid groups (broad SMARTS) is 1. The molecule has 1 aromatic rings. The number of carbonyl (C=O) groups is 2. The van der Waals surface area contributed by atoms with Crippen molar-refractivity contribution in [3.63, 3.8) is 0 Å². The number of carboxylic acids is 1. The van der Waals surface area contributed by atoms with Gasteiger partial charge in [0.15, 0.2) is 5.76 Å². The fourth-order valence-corrected chi connectivity index (χ4v) is 3.63. The van der Waals surface area contributed by atoms with E-state index in [0.29, 0.717) is 0 Å². The van der Waals surface area contributed by atoms with Crippen molar-refractivity contribution in [3.8, 4) is 0 Å². The Hall–Kier alpha value is -1.98. The fourth-order valence-electron chi connectivity index (χ4n) is 2.11. The molecule has 0 bridgehead atoms. The Morgan fingerprint density at radius 1 is 1.42 bits per heavy atom. The molecule has 0 aromatic carbocycles. The smallest absolute Gasteiger partial charge is 0.323 e. The summed E-state index contributed by atoms with van der Waals surface area (Å²) in [5, 5.41) is 12.4. The number of methoxy groups -OCH3 is 1. The van der Waals surface area contributed by atoms with Crippen molar-refractivity contribution in [3.05, 3.63) is 11.5 Å². The number of aliphatic carboxylic acids is 1. The first-order chi connectivity index (χ1) is 11.1. The van der Waals surface area contributed by atoms with Crippen molar-refractivity contribution in [2.75, 3.05) is 26.8 Å². The van der Waals surface area contributed by atoms with Crippen molar-refractivity contribution in [1.29, 1.82) is 0 Å². The average Bonchev–Trinajstić information content (AvgIpc) is 2.81. The molecular formula is C13H21N3O7S. The summed E-state index contributed by atoms with van der Waals surface area (Å²) >= 11 is 0. The lowest BCUT2D eigenvalue weighted by Crippen LogP contribution is -2.49. The van der Waals surface area contributed by atoms with Crippen LogP contribution in [0.1, 0.15) is 18.4 Å². The summed E-state index contributed by atoms with van der Waals surface area (Å²) in [5.74, 6) is -1.79. The van der Waals surface area contributed by atoms with Crippen LogP contribution in [0.2, 0.25) is 0 Å². The van der Waals surface area contributed by atoms with E-state index in [1.165, 1.54) is 27.9 Å². The van der Waals surface area contributed by atoms with Crippen LogP contribution in [-0.4, -0.2) is 68.3 Å². The van der Waals surface area contributed by atoms with Crippen LogP contribution in [0.3, 0.4) is 0 Å². The van der Waals surface area contributed by atoms with Crippen LogP contribution in [0.5, 0.6) is 0 Å². The summed E-state index contributed by atoms with van der Waals surface area (Å²) in [6, 6.07) is -1.17. The molecule has 11 heteroatoms. The fraction of sp³-hybridized carbons (Fsp3) is 0.615. The van der Waals surface area contributed by atoms with Crippen molar-refractivity contribution in [2.45, 2.75) is 31.7 Å². The summed E-state index contributed by atoms with van der Waals surface area (Å²) in [5.41, 5.74) is 0.168. The highest BCUT2D eigenvalue weighted by Gasteiger charge is 2.30. The summed E-state index contributed by atoms with van der Waals surface area (Å²) < 4.78 is 36.6. The van der Waals surface area contributed by atoms with Crippen molar-refractivity contribution < 1.29 is 32.4 Å². The molecule has 1 unspecified atom stereocenters. The van der Waals surface area contributed by atoms with Crippen LogP contribution in [0.15, 0.2) is 9.42 Å². The molecule has 10 nitrogen and oxygen atoms in total. The van der Waals surface area contributed by atoms with Gasteiger partial charge in [0.2, 0.25) is 15.9 Å². The van der Waals surface area contributed by atoms with E-state index >= 15 is 0 Å². The van der Waals surface area contributed by atoms with Crippen LogP contribution in [0.25, 0.3) is 0 Å². The third-order valence-electron chi connectivity index (χ3n) is 3.14. The Morgan fingerprint density at radius 2 is 2.04 bits per heavy atom. The Balaban J connectivity index is 2.92. The average molecular weight is 363 g/mol. The highest BCUT2D eigenvalue weighted by Crippen LogP contribution is 2.19. The van der Waals surface area contributed by atoms with Crippen molar-refractivity contribution in [2.24, 2.45) is 0 Å². The van der Waals surface area contributed by atoms with Gasteiger partial charge in [-0.15, -0.1) is 0 Å². The van der Waals surface area contributed by atoms with Gasteiger partial charge in [0.25, 0.3) is 0 Å². The molecule has 0 saturated carbocycles. The molecule has 136 valence electrons. The van der Waals surface area contributed by atoms with Gasteiger partial charge >= 0.3 is 5.97 Å². The van der Waals surface area contributed by atoms with E-state index in [-0.39, 0.29) is 29.5 Å². The zero-order chi connectivity index (χ0) is 18.5. The topological polar surface area (TPSA) is 139 Å². The molecule has 1 aromatic heterocycles. The second-order valence-electron chi connectivity index (χ2n) is 5.14. The molecule has 0 spiro atoms. The maximum atomic E-state index is 12.4. The number of aryl methyl sites for hydroxylation is 2. The lowest BCUT2D eigenvalue weighted by atomic mass is 10.3. The third-order valence-corrected chi connectivity index (χ3v) is 4.93. The molecule has 0 aliphatic heterocycles. The number of rotatable bonds is 9. The van der Waals surface area contributed by atoms with E-state index in [0.717, 1.165) is 4.90 Å². The van der Waals surface area contributed by atoms with E-state index in [9.17, 15) is 18.0 Å². The second kappa shape index (κ2) is 8.22. The Kier molecular flexibility index (Phi) is 6.87. The van der Waals surface area contributed by atoms with Gasteiger partial charge in [-0.1, -0.05) is 5.16 Å². The van der Waals surface area contributed by atoms with Crippen molar-refractivity contribution in [1.82, 2.24) is 14.8 Å². The minimum Gasteiger partial charge on any atom is -0.480 e. The van der Waals surface area contributed by atoms with Gasteiger partial charge in [-0.25, -0.2) is 8.42 Å². The number of hydrogen-bond donors (Lipinski definition) is 2. The number of carbonyl (C=O) groups excluding carboxylic acids is 1. The van der Waals surface area contributed by atoms with E-state index < -0.39 is 34.5 Å². The number of amides is 1. The first-order valence-electron chi connectivity index (χ1n) is 7.04. The lowest BCUT2D eigenvalue weighted by Gasteiger charge is -2.24. The van der Waals surface area contributed by atoms with Gasteiger partial charge in [-0.2, -0.15) is 4.72 Å². The molecule has 1 atom stereocenters. The van der Waals surface area contributed by atoms with Gasteiger partial charge < -0.3 is 19.3 Å². The zero-order valence-electron chi connectivity index (χ0n) is 13.9. The van der Waals surface area contributed by atoms with Gasteiger partial charge in [-0.3, -0.25) is 9.59 Å². The standard InChI is InChI=1S/C13H21N3O7S/c1-8-12(10(3)23-14-8)24(20,21)15-9(2)13(19)16(5-6-22-4)7-11(17)18/h9,15H,5-7H2,1-4H3,(H,17,18). The number of nitrogens with zero attached hydrogens (tertiary/aromatic N) is 2. The zero-order valence-corrected chi connectivity index (χ0v) is 14.7. The highest BCUT2D eigenvalue weighted by molar-refractivity contribution is 7.89. The third kappa shape index (κ3) is 5.01. The molecule has 0 saturated heterocycles. The molecule has 1 heterocycles. The van der Waals surface area contributed by atoms with Crippen LogP contribution in [-0.2, 0) is 24.3 Å². The number of sulfonamides is 1. The first kappa shape index (κ1) is 20.1. The summed E-state index contributed by atoms with van der Waals surface area (Å²) in [6.45, 7) is 3.84. The van der Waals surface area contributed by atoms with E-state index in [4.69, 9.17) is 14.4 Å². The molecule has 0 aliphatic rings. The highest BCUT2D eigenvalue weighted by atomic mass is 32.2. The predicted molar refractivity (Wildman–Crippen MR) is 81.9 cm³/mol. The summed E-state index contributed by atoms with van der Waals surface area (Å²) in [6.07, 6.45) is 0. The number of hydrogen-bond acceptors (Lipinski definition) is 7. The van der Waals surface area contributed by atoms with Gasteiger partial charge in [0.1, 0.15) is 17.1 Å². The Morgan fingerprint density at radius 3 is 2.50 bits per heavy atom. The predicted octanol–water partition coefficient (Wildman–Crippen LogP) is -0.482. The van der Waals surface area contributed by atoms with Crippen LogP contribution < -0.4 is 4.72 Å². The molecule has 0 fully saturated rings. The Labute approximate surface area is 139 Å². The van der Waals surface area contributed by atoms with Gasteiger partial charge in [0, 0.05) is 13.7 Å². The maximum Gasteiger partial charge on any atom is 0.323 e. The quantitative estimate of drug-likeness (QED) is 0.599. The monoisotopic (exact) mass is 363 g/mol. The summed E-state index contributed by atoms with van der Waals surface area (Å²) in [7, 11) is -2.63. The summed E-state index contributed by atoms with van der Waals surface area (Å²) in [4.78, 5) is 24.1. The van der Waals surface area contributed by atoms with Crippen LogP contribution >= 0.6 is 0 Å². The van der Waals surface area contributed by atoms with Crippen LogP contribution in [0, 0.1) is 13.8 Å². The number of nitrogens with one attached hydrogen (secondary N) is 1. The molecule has 0 aliphatic carbocycles. The van der Waals surface area contributed by atoms with Gasteiger partial charge in [0.05, 0.1) is 12.6 Å². The SMILES string of the molecule is COCCN(CC(=O)O)C(=O)C(C)NS(=O)(=O)c1c(C)noc1C. The normalized spacial score (nSPS) is 12.8. The van der Waals surface area contributed by atoms with Gasteiger partial charge in [-0.05, 0) is 20.8 Å². The number of ether oxygens (including phenoxy) is 1. The van der Waals surface area contributed by atoms with Crippen molar-refractivity contribution >= 4 is 21.9 Å².